The number of nitrogens with zero attached hydrogens (tertiary/aromatic N) is 2. The van der Waals surface area contributed by atoms with E-state index < -0.39 is 15.4 Å². The molecule has 5 nitrogen and oxygen atoms in total. The van der Waals surface area contributed by atoms with E-state index >= 15 is 0 Å². The Bertz CT molecular complexity index is 1330. The maximum atomic E-state index is 12.8. The molecule has 4 rings (SSSR count). The summed E-state index contributed by atoms with van der Waals surface area (Å²) >= 11 is 5.83. The molecule has 4 aromatic rings. The van der Waals surface area contributed by atoms with Crippen LogP contribution in [0.4, 0.5) is 0 Å². The van der Waals surface area contributed by atoms with E-state index in [0.717, 1.165) is 5.56 Å². The summed E-state index contributed by atoms with van der Waals surface area (Å²) < 4.78 is 27.4. The first-order chi connectivity index (χ1) is 12.4. The summed E-state index contributed by atoms with van der Waals surface area (Å²) in [6.07, 6.45) is 1.81. The normalized spacial score (nSPS) is 11.9. The van der Waals surface area contributed by atoms with E-state index in [1.807, 2.05) is 19.2 Å². The van der Waals surface area contributed by atoms with Gasteiger partial charge in [-0.05, 0) is 67.1 Å². The molecule has 26 heavy (non-hydrogen) atoms. The van der Waals surface area contributed by atoms with Gasteiger partial charge in [0.15, 0.2) is 0 Å². The van der Waals surface area contributed by atoms with Crippen molar-refractivity contribution in [3.8, 4) is 0 Å². The van der Waals surface area contributed by atoms with Crippen molar-refractivity contribution in [3.63, 3.8) is 0 Å². The highest BCUT2D eigenvalue weighted by Gasteiger charge is 2.19. The highest BCUT2D eigenvalue weighted by molar-refractivity contribution is 7.91. The molecule has 0 saturated carbocycles. The minimum Gasteiger partial charge on any atom is -0.301 e. The number of benzene rings is 2. The summed E-state index contributed by atoms with van der Waals surface area (Å²) in [4.78, 5) is 16.7. The summed E-state index contributed by atoms with van der Waals surface area (Å²) in [7, 11) is -3.76. The smallest absolute Gasteiger partial charge is 0.281 e. The van der Waals surface area contributed by atoms with Gasteiger partial charge in [-0.25, -0.2) is 8.42 Å². The number of hydrogen-bond acceptors (Lipinski definition) is 4. The van der Waals surface area contributed by atoms with Crippen LogP contribution in [0.25, 0.3) is 16.6 Å². The summed E-state index contributed by atoms with van der Waals surface area (Å²) in [5.74, 6) is 0. The number of sulfone groups is 1. The second kappa shape index (κ2) is 5.93. The van der Waals surface area contributed by atoms with Gasteiger partial charge in [-0.2, -0.15) is 4.98 Å². The molecule has 2 aromatic carbocycles. The van der Waals surface area contributed by atoms with Gasteiger partial charge in [0, 0.05) is 11.2 Å². The van der Waals surface area contributed by atoms with Crippen LogP contribution in [-0.2, 0) is 9.84 Å². The van der Waals surface area contributed by atoms with Crippen molar-refractivity contribution in [2.45, 2.75) is 16.7 Å². The summed E-state index contributed by atoms with van der Waals surface area (Å²) in [6.45, 7) is 1.91. The number of halogens is 1. The molecule has 0 aliphatic rings. The molecule has 0 radical (unpaired) electrons. The zero-order valence-electron chi connectivity index (χ0n) is 13.7. The fourth-order valence-electron chi connectivity index (χ4n) is 2.86. The number of fused-ring (bicyclic) bond motifs is 3. The van der Waals surface area contributed by atoms with Crippen molar-refractivity contribution in [3.05, 3.63) is 81.7 Å². The predicted molar refractivity (Wildman–Crippen MR) is 101 cm³/mol. The van der Waals surface area contributed by atoms with Crippen LogP contribution in [0.1, 0.15) is 5.56 Å². The molecule has 0 spiro atoms. The second-order valence-corrected chi connectivity index (χ2v) is 8.37. The Morgan fingerprint density at radius 2 is 1.65 bits per heavy atom. The van der Waals surface area contributed by atoms with Crippen LogP contribution in [-0.4, -0.2) is 17.8 Å². The number of aryl methyl sites for hydroxylation is 1. The first kappa shape index (κ1) is 16.8. The quantitative estimate of drug-likeness (QED) is 0.495. The Morgan fingerprint density at radius 3 is 2.38 bits per heavy atom. The van der Waals surface area contributed by atoms with Crippen LogP contribution in [0.5, 0.6) is 0 Å². The topological polar surface area (TPSA) is 68.5 Å². The average molecular weight is 385 g/mol. The fourth-order valence-corrected chi connectivity index (χ4v) is 4.27. The Balaban J connectivity index is 1.97. The van der Waals surface area contributed by atoms with Crippen LogP contribution in [0, 0.1) is 6.92 Å². The highest BCUT2D eigenvalue weighted by Crippen LogP contribution is 2.25. The molecule has 0 unspecified atom stereocenters. The highest BCUT2D eigenvalue weighted by atomic mass is 35.5. The lowest BCUT2D eigenvalue weighted by Gasteiger charge is -2.09. The van der Waals surface area contributed by atoms with Gasteiger partial charge in [0.05, 0.1) is 20.7 Å². The molecule has 7 heteroatoms. The van der Waals surface area contributed by atoms with Gasteiger partial charge in [0.2, 0.25) is 9.84 Å². The monoisotopic (exact) mass is 384 g/mol. The van der Waals surface area contributed by atoms with Gasteiger partial charge in [0.25, 0.3) is 5.56 Å². The predicted octanol–water partition coefficient (Wildman–Crippen LogP) is 3.64. The molecule has 0 aliphatic heterocycles. The molecule has 0 saturated heterocycles. The first-order valence-electron chi connectivity index (χ1n) is 7.80. The molecule has 0 atom stereocenters. The molecule has 2 aromatic heterocycles. The Morgan fingerprint density at radius 1 is 0.962 bits per heavy atom. The van der Waals surface area contributed by atoms with Gasteiger partial charge in [-0.1, -0.05) is 11.6 Å². The molecule has 2 heterocycles. The van der Waals surface area contributed by atoms with Crippen LogP contribution in [0.3, 0.4) is 0 Å². The second-order valence-electron chi connectivity index (χ2n) is 5.99. The maximum absolute atomic E-state index is 12.8. The fraction of sp³-hybridized carbons (Fsp3) is 0.0526. The Labute approximate surface area is 154 Å². The lowest BCUT2D eigenvalue weighted by atomic mass is 10.2. The van der Waals surface area contributed by atoms with Crippen molar-refractivity contribution in [2.75, 3.05) is 0 Å². The van der Waals surface area contributed by atoms with Crippen LogP contribution in [0.2, 0.25) is 5.02 Å². The van der Waals surface area contributed by atoms with Gasteiger partial charge >= 0.3 is 0 Å². The van der Waals surface area contributed by atoms with E-state index in [9.17, 15) is 13.2 Å². The number of aromatic nitrogens is 2. The van der Waals surface area contributed by atoms with E-state index in [1.165, 1.54) is 36.4 Å². The van der Waals surface area contributed by atoms with E-state index in [4.69, 9.17) is 11.6 Å². The van der Waals surface area contributed by atoms with Gasteiger partial charge < -0.3 is 4.40 Å². The van der Waals surface area contributed by atoms with E-state index in [1.54, 1.807) is 16.5 Å². The SMILES string of the molecule is Cc1ccn2c(c1)nc(=O)c1cc(S(=O)(=O)c3ccc(Cl)cc3)ccc12. The number of hydrogen-bond donors (Lipinski definition) is 0. The van der Waals surface area contributed by atoms with Crippen molar-refractivity contribution in [1.82, 2.24) is 9.38 Å². The zero-order valence-corrected chi connectivity index (χ0v) is 15.3. The van der Waals surface area contributed by atoms with E-state index in [2.05, 4.69) is 4.98 Å². The first-order valence-corrected chi connectivity index (χ1v) is 9.66. The molecule has 0 aliphatic carbocycles. The standard InChI is InChI=1S/C19H13ClN2O3S/c1-12-8-9-22-17-7-6-15(11-16(17)19(23)21-18(22)10-12)26(24,25)14-4-2-13(20)3-5-14/h2-11H,1H3. The Kier molecular flexibility index (Phi) is 3.82. The van der Waals surface area contributed by atoms with E-state index in [-0.39, 0.29) is 15.2 Å². The van der Waals surface area contributed by atoms with Crippen molar-refractivity contribution >= 4 is 38.0 Å². The molecular weight excluding hydrogens is 372 g/mol. The molecule has 0 fully saturated rings. The van der Waals surface area contributed by atoms with Gasteiger partial charge in [0.1, 0.15) is 5.65 Å². The third-order valence-electron chi connectivity index (χ3n) is 4.20. The molecule has 0 bridgehead atoms. The summed E-state index contributed by atoms with van der Waals surface area (Å²) in [5.41, 5.74) is 1.66. The lowest BCUT2D eigenvalue weighted by Crippen LogP contribution is -2.12. The van der Waals surface area contributed by atoms with Crippen molar-refractivity contribution in [2.24, 2.45) is 0 Å². The minimum absolute atomic E-state index is 0.0401. The molecule has 130 valence electrons. The largest absolute Gasteiger partial charge is 0.301 e. The Hall–Kier alpha value is -2.70. The van der Waals surface area contributed by atoms with Crippen LogP contribution < -0.4 is 5.56 Å². The zero-order chi connectivity index (χ0) is 18.5. The number of pyridine rings is 1. The van der Waals surface area contributed by atoms with Crippen LogP contribution in [0.15, 0.2) is 75.4 Å². The number of rotatable bonds is 2. The minimum atomic E-state index is -3.76. The third kappa shape index (κ3) is 2.67. The molecule has 0 N–H and O–H groups in total. The molecule has 0 amide bonds. The summed E-state index contributed by atoms with van der Waals surface area (Å²) in [5, 5.41) is 0.702. The maximum Gasteiger partial charge on any atom is 0.281 e. The third-order valence-corrected chi connectivity index (χ3v) is 6.22. The van der Waals surface area contributed by atoms with Crippen LogP contribution >= 0.6 is 11.6 Å². The average Bonchev–Trinajstić information content (AvgIpc) is 2.61. The van der Waals surface area contributed by atoms with Crippen molar-refractivity contribution in [1.29, 1.82) is 0 Å². The molecular formula is C19H13ClN2O3S. The lowest BCUT2D eigenvalue weighted by molar-refractivity contribution is 0.596. The van der Waals surface area contributed by atoms with Gasteiger partial charge in [-0.15, -0.1) is 0 Å². The summed E-state index contributed by atoms with van der Waals surface area (Å²) in [6, 6.07) is 14.1. The van der Waals surface area contributed by atoms with Crippen molar-refractivity contribution < 1.29 is 8.42 Å². The van der Waals surface area contributed by atoms with E-state index in [0.29, 0.717) is 16.2 Å². The van der Waals surface area contributed by atoms with Gasteiger partial charge in [-0.3, -0.25) is 4.79 Å².